The number of aryl methyl sites for hydroxylation is 2. The van der Waals surface area contributed by atoms with Crippen molar-refractivity contribution in [1.82, 2.24) is 9.80 Å². The van der Waals surface area contributed by atoms with Gasteiger partial charge < -0.3 is 9.80 Å². The van der Waals surface area contributed by atoms with Gasteiger partial charge in [0.1, 0.15) is 0 Å². The zero-order valence-corrected chi connectivity index (χ0v) is 15.9. The largest absolute Gasteiger partial charge is 0.342 e. The van der Waals surface area contributed by atoms with Gasteiger partial charge in [0.2, 0.25) is 5.91 Å². The van der Waals surface area contributed by atoms with Gasteiger partial charge in [-0.2, -0.15) is 0 Å². The van der Waals surface area contributed by atoms with Crippen molar-refractivity contribution in [3.63, 3.8) is 0 Å². The van der Waals surface area contributed by atoms with Crippen LogP contribution in [0.25, 0.3) is 10.4 Å². The first-order valence-electron chi connectivity index (χ1n) is 8.79. The number of carbonyl (C=O) groups is 2. The molecule has 5 heteroatoms. The van der Waals surface area contributed by atoms with Crippen molar-refractivity contribution in [3.8, 4) is 10.4 Å². The molecule has 1 aliphatic carbocycles. The molecule has 0 saturated heterocycles. The lowest BCUT2D eigenvalue weighted by molar-refractivity contribution is -0.131. The minimum absolute atomic E-state index is 0.00693. The zero-order valence-electron chi connectivity index (χ0n) is 15.0. The quantitative estimate of drug-likeness (QED) is 0.823. The Balaban J connectivity index is 1.78. The van der Waals surface area contributed by atoms with Crippen LogP contribution in [0.5, 0.6) is 0 Å². The molecule has 25 heavy (non-hydrogen) atoms. The van der Waals surface area contributed by atoms with E-state index in [4.69, 9.17) is 0 Å². The van der Waals surface area contributed by atoms with Gasteiger partial charge in [-0.05, 0) is 49.4 Å². The lowest BCUT2D eigenvalue weighted by atomic mass is 9.91. The average molecular weight is 356 g/mol. The molecule has 0 fully saturated rings. The third-order valence-electron chi connectivity index (χ3n) is 4.78. The number of amides is 2. The summed E-state index contributed by atoms with van der Waals surface area (Å²) in [4.78, 5) is 30.2. The summed E-state index contributed by atoms with van der Waals surface area (Å²) in [6, 6.07) is 10.4. The maximum absolute atomic E-state index is 12.8. The zero-order chi connectivity index (χ0) is 18.0. The molecule has 0 saturated carbocycles. The van der Waals surface area contributed by atoms with Crippen LogP contribution in [-0.2, 0) is 17.6 Å². The molecule has 2 aromatic rings. The van der Waals surface area contributed by atoms with E-state index in [1.165, 1.54) is 26.5 Å². The fourth-order valence-corrected chi connectivity index (χ4v) is 4.58. The summed E-state index contributed by atoms with van der Waals surface area (Å²) in [5, 5.41) is 0. The van der Waals surface area contributed by atoms with Crippen LogP contribution in [0.2, 0.25) is 0 Å². The van der Waals surface area contributed by atoms with E-state index in [0.29, 0.717) is 13.1 Å². The Labute approximate surface area is 153 Å². The number of benzene rings is 1. The van der Waals surface area contributed by atoms with Crippen LogP contribution in [0.4, 0.5) is 0 Å². The Hall–Kier alpha value is -2.14. The lowest BCUT2D eigenvalue weighted by Gasteiger charge is -2.22. The third-order valence-corrected chi connectivity index (χ3v) is 5.98. The monoisotopic (exact) mass is 356 g/mol. The van der Waals surface area contributed by atoms with E-state index in [1.54, 1.807) is 23.3 Å². The van der Waals surface area contributed by atoms with E-state index in [2.05, 4.69) is 18.2 Å². The van der Waals surface area contributed by atoms with Crippen LogP contribution >= 0.6 is 11.3 Å². The van der Waals surface area contributed by atoms with Crippen LogP contribution in [0.1, 0.15) is 34.6 Å². The van der Waals surface area contributed by atoms with Crippen LogP contribution < -0.4 is 0 Å². The van der Waals surface area contributed by atoms with E-state index in [-0.39, 0.29) is 18.4 Å². The van der Waals surface area contributed by atoms with Crippen LogP contribution in [0.15, 0.2) is 30.3 Å². The highest BCUT2D eigenvalue weighted by atomic mass is 32.1. The highest BCUT2D eigenvalue weighted by molar-refractivity contribution is 7.17. The summed E-state index contributed by atoms with van der Waals surface area (Å²) in [5.74, 6) is -0.0788. The number of rotatable bonds is 5. The second kappa shape index (κ2) is 7.40. The maximum atomic E-state index is 12.8. The highest BCUT2D eigenvalue weighted by Gasteiger charge is 2.24. The van der Waals surface area contributed by atoms with Gasteiger partial charge in [0.25, 0.3) is 5.91 Å². The van der Waals surface area contributed by atoms with Crippen molar-refractivity contribution in [2.45, 2.75) is 26.7 Å². The van der Waals surface area contributed by atoms with E-state index < -0.39 is 0 Å². The minimum atomic E-state index is -0.0719. The van der Waals surface area contributed by atoms with Gasteiger partial charge in [-0.3, -0.25) is 9.59 Å². The van der Waals surface area contributed by atoms with Crippen molar-refractivity contribution in [2.75, 3.05) is 26.7 Å². The third kappa shape index (κ3) is 3.47. The molecule has 1 heterocycles. The van der Waals surface area contributed by atoms with Crippen molar-refractivity contribution >= 4 is 23.2 Å². The standard InChI is InChI=1S/C20H24N2O2S/c1-4-22(5-2)18(23)13-21(3)20(24)17-12-15-11-10-14-8-6-7-9-16(14)19(15)25-17/h6-9,12H,4-5,10-11,13H2,1-3H3. The molecule has 3 rings (SSSR count). The van der Waals surface area contributed by atoms with Crippen LogP contribution in [0, 0.1) is 0 Å². The first-order valence-corrected chi connectivity index (χ1v) is 9.61. The lowest BCUT2D eigenvalue weighted by Crippen LogP contribution is -2.40. The fraction of sp³-hybridized carbons (Fsp3) is 0.400. The molecule has 0 radical (unpaired) electrons. The van der Waals surface area contributed by atoms with Crippen LogP contribution in [0.3, 0.4) is 0 Å². The number of fused-ring (bicyclic) bond motifs is 3. The molecule has 0 unspecified atom stereocenters. The smallest absolute Gasteiger partial charge is 0.264 e. The highest BCUT2D eigenvalue weighted by Crippen LogP contribution is 2.39. The summed E-state index contributed by atoms with van der Waals surface area (Å²) < 4.78 is 0. The molecule has 0 N–H and O–H groups in total. The second-order valence-electron chi connectivity index (χ2n) is 6.35. The van der Waals surface area contributed by atoms with Gasteiger partial charge in [0.15, 0.2) is 0 Å². The number of nitrogens with zero attached hydrogens (tertiary/aromatic N) is 2. The summed E-state index contributed by atoms with van der Waals surface area (Å²) >= 11 is 1.55. The molecule has 0 atom stereocenters. The summed E-state index contributed by atoms with van der Waals surface area (Å²) in [5.41, 5.74) is 3.84. The first-order chi connectivity index (χ1) is 12.0. The van der Waals surface area contributed by atoms with Gasteiger partial charge in [-0.25, -0.2) is 0 Å². The molecule has 0 aliphatic heterocycles. The second-order valence-corrected chi connectivity index (χ2v) is 7.40. The first kappa shape index (κ1) is 17.7. The van der Waals surface area contributed by atoms with E-state index in [1.807, 2.05) is 26.0 Å². The molecular formula is C20H24N2O2S. The molecule has 2 amide bonds. The summed E-state index contributed by atoms with van der Waals surface area (Å²) in [6.45, 7) is 5.37. The molecule has 4 nitrogen and oxygen atoms in total. The van der Waals surface area contributed by atoms with Crippen molar-refractivity contribution in [3.05, 3.63) is 46.3 Å². The Morgan fingerprint density at radius 3 is 2.48 bits per heavy atom. The number of hydrogen-bond donors (Lipinski definition) is 0. The van der Waals surface area contributed by atoms with E-state index in [9.17, 15) is 9.59 Å². The average Bonchev–Trinajstić information content (AvgIpc) is 3.06. The molecule has 0 bridgehead atoms. The van der Waals surface area contributed by atoms with E-state index >= 15 is 0 Å². The van der Waals surface area contributed by atoms with Gasteiger partial charge in [-0.1, -0.05) is 24.3 Å². The molecule has 0 spiro atoms. The van der Waals surface area contributed by atoms with Crippen molar-refractivity contribution < 1.29 is 9.59 Å². The Kier molecular flexibility index (Phi) is 5.23. The number of thiophene rings is 1. The van der Waals surface area contributed by atoms with Crippen molar-refractivity contribution in [1.29, 1.82) is 0 Å². The number of carbonyl (C=O) groups excluding carboxylic acids is 2. The molecular weight excluding hydrogens is 332 g/mol. The normalized spacial score (nSPS) is 12.3. The summed E-state index contributed by atoms with van der Waals surface area (Å²) in [7, 11) is 1.70. The molecule has 1 aliphatic rings. The predicted octanol–water partition coefficient (Wildman–Crippen LogP) is 3.45. The molecule has 1 aromatic heterocycles. The van der Waals surface area contributed by atoms with Crippen LogP contribution in [-0.4, -0.2) is 48.3 Å². The SMILES string of the molecule is CCN(CC)C(=O)CN(C)C(=O)c1cc2c(s1)-c1ccccc1CC2. The Morgan fingerprint density at radius 1 is 1.08 bits per heavy atom. The Morgan fingerprint density at radius 2 is 1.76 bits per heavy atom. The van der Waals surface area contributed by atoms with Gasteiger partial charge in [0.05, 0.1) is 11.4 Å². The molecule has 1 aromatic carbocycles. The minimum Gasteiger partial charge on any atom is -0.342 e. The fourth-order valence-electron chi connectivity index (χ4n) is 3.32. The maximum Gasteiger partial charge on any atom is 0.264 e. The van der Waals surface area contributed by atoms with Gasteiger partial charge in [0, 0.05) is 25.0 Å². The number of hydrogen-bond acceptors (Lipinski definition) is 3. The number of likely N-dealkylation sites (N-methyl/N-ethyl adjacent to an activating group) is 2. The Bertz CT molecular complexity index is 793. The van der Waals surface area contributed by atoms with Gasteiger partial charge >= 0.3 is 0 Å². The molecule has 132 valence electrons. The summed E-state index contributed by atoms with van der Waals surface area (Å²) in [6.07, 6.45) is 1.99. The van der Waals surface area contributed by atoms with Gasteiger partial charge in [-0.15, -0.1) is 11.3 Å². The van der Waals surface area contributed by atoms with Crippen molar-refractivity contribution in [2.24, 2.45) is 0 Å². The topological polar surface area (TPSA) is 40.6 Å². The predicted molar refractivity (Wildman–Crippen MR) is 102 cm³/mol. The van der Waals surface area contributed by atoms with E-state index in [0.717, 1.165) is 17.7 Å².